The SMILES string of the molecule is Cn1nc(N)cc1COCC(F)(F)C(F)F. The van der Waals surface area contributed by atoms with Crippen molar-refractivity contribution in [2.24, 2.45) is 7.05 Å². The normalized spacial score (nSPS) is 12.4. The minimum atomic E-state index is -4.13. The molecule has 2 N–H and O–H groups in total. The molecule has 0 amide bonds. The molecule has 0 fully saturated rings. The third-order valence-electron chi connectivity index (χ3n) is 1.86. The summed E-state index contributed by atoms with van der Waals surface area (Å²) in [5, 5.41) is 3.74. The molecule has 8 heteroatoms. The lowest BCUT2D eigenvalue weighted by Gasteiger charge is -2.14. The second-order valence-electron chi connectivity index (χ2n) is 3.24. The van der Waals surface area contributed by atoms with Gasteiger partial charge in [-0.25, -0.2) is 8.78 Å². The number of nitrogens with two attached hydrogens (primary N) is 1. The molecular weight excluding hydrogens is 230 g/mol. The van der Waals surface area contributed by atoms with E-state index in [1.807, 2.05) is 0 Å². The average Bonchev–Trinajstić information content (AvgIpc) is 2.44. The Morgan fingerprint density at radius 1 is 1.56 bits per heavy atom. The molecule has 1 aromatic heterocycles. The Morgan fingerprint density at radius 3 is 2.62 bits per heavy atom. The van der Waals surface area contributed by atoms with Crippen molar-refractivity contribution >= 4 is 5.82 Å². The number of hydrogen-bond donors (Lipinski definition) is 1. The predicted molar refractivity (Wildman–Crippen MR) is 48.2 cm³/mol. The van der Waals surface area contributed by atoms with E-state index in [0.717, 1.165) is 0 Å². The molecule has 1 rings (SSSR count). The third kappa shape index (κ3) is 3.09. The summed E-state index contributed by atoms with van der Waals surface area (Å²) >= 11 is 0. The minimum Gasteiger partial charge on any atom is -0.382 e. The van der Waals surface area contributed by atoms with Crippen molar-refractivity contribution in [2.45, 2.75) is 19.0 Å². The molecule has 92 valence electrons. The highest BCUT2D eigenvalue weighted by Crippen LogP contribution is 2.23. The maximum Gasteiger partial charge on any atom is 0.330 e. The van der Waals surface area contributed by atoms with Crippen LogP contribution < -0.4 is 5.73 Å². The van der Waals surface area contributed by atoms with Gasteiger partial charge < -0.3 is 10.5 Å². The van der Waals surface area contributed by atoms with Gasteiger partial charge in [-0.2, -0.15) is 13.9 Å². The zero-order valence-electron chi connectivity index (χ0n) is 8.46. The van der Waals surface area contributed by atoms with Crippen molar-refractivity contribution in [2.75, 3.05) is 12.3 Å². The van der Waals surface area contributed by atoms with E-state index in [1.165, 1.54) is 10.7 Å². The van der Waals surface area contributed by atoms with Gasteiger partial charge in [-0.15, -0.1) is 0 Å². The van der Waals surface area contributed by atoms with Crippen LogP contribution in [0.1, 0.15) is 5.69 Å². The summed E-state index contributed by atoms with van der Waals surface area (Å²) in [5.74, 6) is -3.92. The van der Waals surface area contributed by atoms with E-state index in [1.54, 1.807) is 7.05 Å². The fraction of sp³-hybridized carbons (Fsp3) is 0.625. The van der Waals surface area contributed by atoms with E-state index in [9.17, 15) is 17.6 Å². The molecule has 1 aromatic rings. The van der Waals surface area contributed by atoms with Gasteiger partial charge in [0, 0.05) is 13.1 Å². The Morgan fingerprint density at radius 2 is 2.19 bits per heavy atom. The summed E-state index contributed by atoms with van der Waals surface area (Å²) in [6.07, 6.45) is -3.73. The van der Waals surface area contributed by atoms with Gasteiger partial charge in [-0.05, 0) is 0 Å². The fourth-order valence-corrected chi connectivity index (χ4v) is 1.02. The van der Waals surface area contributed by atoms with Crippen LogP contribution >= 0.6 is 0 Å². The molecule has 0 radical (unpaired) electrons. The first-order valence-electron chi connectivity index (χ1n) is 4.35. The van der Waals surface area contributed by atoms with Gasteiger partial charge in [0.15, 0.2) is 0 Å². The number of nitrogen functional groups attached to an aromatic ring is 1. The smallest absolute Gasteiger partial charge is 0.330 e. The maximum atomic E-state index is 12.4. The molecule has 0 aliphatic carbocycles. The molecular formula is C8H11F4N3O. The zero-order chi connectivity index (χ0) is 12.3. The molecule has 1 heterocycles. The molecule has 0 bridgehead atoms. The van der Waals surface area contributed by atoms with Gasteiger partial charge >= 0.3 is 12.3 Å². The molecule has 0 aromatic carbocycles. The number of nitrogens with zero attached hydrogens (tertiary/aromatic N) is 2. The van der Waals surface area contributed by atoms with Crippen LogP contribution in [0.25, 0.3) is 0 Å². The van der Waals surface area contributed by atoms with Gasteiger partial charge in [0.25, 0.3) is 0 Å². The number of rotatable bonds is 5. The first kappa shape index (κ1) is 12.8. The first-order valence-corrected chi connectivity index (χ1v) is 4.35. The second-order valence-corrected chi connectivity index (χ2v) is 3.24. The highest BCUT2D eigenvalue weighted by Gasteiger charge is 2.40. The Balaban J connectivity index is 2.44. The zero-order valence-corrected chi connectivity index (χ0v) is 8.46. The van der Waals surface area contributed by atoms with E-state index >= 15 is 0 Å². The highest BCUT2D eigenvalue weighted by atomic mass is 19.3. The Hall–Kier alpha value is -1.31. The van der Waals surface area contributed by atoms with Crippen LogP contribution in [-0.4, -0.2) is 28.7 Å². The first-order chi connectivity index (χ1) is 7.33. The van der Waals surface area contributed by atoms with Gasteiger partial charge in [0.05, 0.1) is 12.3 Å². The lowest BCUT2D eigenvalue weighted by atomic mass is 10.4. The Labute approximate surface area is 89.0 Å². The van der Waals surface area contributed by atoms with Crippen LogP contribution in [0, 0.1) is 0 Å². The molecule has 0 saturated heterocycles. The van der Waals surface area contributed by atoms with Gasteiger partial charge in [-0.1, -0.05) is 0 Å². The van der Waals surface area contributed by atoms with Gasteiger partial charge in [0.1, 0.15) is 12.4 Å². The summed E-state index contributed by atoms with van der Waals surface area (Å²) in [6, 6.07) is 1.42. The molecule has 0 saturated carbocycles. The average molecular weight is 241 g/mol. The summed E-state index contributed by atoms with van der Waals surface area (Å²) in [7, 11) is 1.54. The standard InChI is InChI=1S/C8H11F4N3O/c1-15-5(2-6(13)14-15)3-16-4-8(11,12)7(9)10/h2,7H,3-4H2,1H3,(H2,13,14). The van der Waals surface area contributed by atoms with Crippen molar-refractivity contribution in [3.63, 3.8) is 0 Å². The summed E-state index contributed by atoms with van der Waals surface area (Å²) in [6.45, 7) is -1.58. The van der Waals surface area contributed by atoms with Crippen molar-refractivity contribution in [3.8, 4) is 0 Å². The number of halogens is 4. The van der Waals surface area contributed by atoms with Crippen molar-refractivity contribution in [1.82, 2.24) is 9.78 Å². The topological polar surface area (TPSA) is 53.1 Å². The van der Waals surface area contributed by atoms with E-state index in [0.29, 0.717) is 5.69 Å². The van der Waals surface area contributed by atoms with E-state index in [2.05, 4.69) is 9.84 Å². The summed E-state index contributed by atoms with van der Waals surface area (Å²) in [4.78, 5) is 0. The maximum absolute atomic E-state index is 12.4. The van der Waals surface area contributed by atoms with Crippen molar-refractivity contribution in [1.29, 1.82) is 0 Å². The van der Waals surface area contributed by atoms with Gasteiger partial charge in [-0.3, -0.25) is 4.68 Å². The Bertz CT molecular complexity index is 353. The van der Waals surface area contributed by atoms with E-state index in [-0.39, 0.29) is 12.4 Å². The number of aromatic nitrogens is 2. The second kappa shape index (κ2) is 4.69. The number of ether oxygens (including phenoxy) is 1. The third-order valence-corrected chi connectivity index (χ3v) is 1.86. The lowest BCUT2D eigenvalue weighted by Crippen LogP contribution is -2.32. The molecule has 4 nitrogen and oxygen atoms in total. The quantitative estimate of drug-likeness (QED) is 0.793. The van der Waals surface area contributed by atoms with Crippen LogP contribution in [0.15, 0.2) is 6.07 Å². The lowest BCUT2D eigenvalue weighted by molar-refractivity contribution is -0.168. The number of alkyl halides is 4. The van der Waals surface area contributed by atoms with Crippen LogP contribution in [0.4, 0.5) is 23.4 Å². The molecule has 0 unspecified atom stereocenters. The molecule has 0 atom stereocenters. The molecule has 0 aliphatic rings. The van der Waals surface area contributed by atoms with Gasteiger partial charge in [0.2, 0.25) is 0 Å². The van der Waals surface area contributed by atoms with Crippen molar-refractivity contribution < 1.29 is 22.3 Å². The van der Waals surface area contributed by atoms with Crippen LogP contribution in [0.2, 0.25) is 0 Å². The molecule has 16 heavy (non-hydrogen) atoms. The fourth-order valence-electron chi connectivity index (χ4n) is 1.02. The molecule has 0 aliphatic heterocycles. The van der Waals surface area contributed by atoms with Crippen molar-refractivity contribution in [3.05, 3.63) is 11.8 Å². The van der Waals surface area contributed by atoms with Crippen LogP contribution in [0.3, 0.4) is 0 Å². The highest BCUT2D eigenvalue weighted by molar-refractivity contribution is 5.28. The summed E-state index contributed by atoms with van der Waals surface area (Å²) in [5.41, 5.74) is 5.76. The monoisotopic (exact) mass is 241 g/mol. The number of anilines is 1. The molecule has 0 spiro atoms. The number of hydrogen-bond acceptors (Lipinski definition) is 3. The minimum absolute atomic E-state index is 0.210. The van der Waals surface area contributed by atoms with Crippen LogP contribution in [-0.2, 0) is 18.4 Å². The Kier molecular flexibility index (Phi) is 3.74. The van der Waals surface area contributed by atoms with E-state index in [4.69, 9.17) is 5.73 Å². The predicted octanol–water partition coefficient (Wildman–Crippen LogP) is 1.42. The van der Waals surface area contributed by atoms with Crippen LogP contribution in [0.5, 0.6) is 0 Å². The largest absolute Gasteiger partial charge is 0.382 e. The number of aryl methyl sites for hydroxylation is 1. The van der Waals surface area contributed by atoms with E-state index < -0.39 is 19.0 Å². The summed E-state index contributed by atoms with van der Waals surface area (Å²) < 4.78 is 54.2.